The van der Waals surface area contributed by atoms with E-state index >= 15 is 0 Å². The minimum atomic E-state index is -0.199. The Kier molecular flexibility index (Phi) is 2.43. The topological polar surface area (TPSA) is 12.9 Å². The second-order valence-electron chi connectivity index (χ2n) is 4.17. The van der Waals surface area contributed by atoms with Crippen LogP contribution in [0.15, 0.2) is 24.3 Å². The summed E-state index contributed by atoms with van der Waals surface area (Å²) in [5.74, 6) is 0.186. The van der Waals surface area contributed by atoms with Crippen molar-refractivity contribution in [1.29, 1.82) is 0 Å². The van der Waals surface area contributed by atoms with Crippen molar-refractivity contribution in [2.45, 2.75) is 26.7 Å². The second kappa shape index (κ2) is 3.61. The monoisotopic (exact) mass is 203 g/mol. The van der Waals surface area contributed by atoms with Crippen molar-refractivity contribution in [2.24, 2.45) is 0 Å². The fourth-order valence-electron chi connectivity index (χ4n) is 1.84. The number of nitrogens with zero attached hydrogens (tertiary/aromatic N) is 1. The van der Waals surface area contributed by atoms with Crippen molar-refractivity contribution in [1.82, 2.24) is 4.98 Å². The van der Waals surface area contributed by atoms with E-state index in [0.29, 0.717) is 5.92 Å². The quantitative estimate of drug-likeness (QED) is 0.686. The van der Waals surface area contributed by atoms with Crippen LogP contribution in [0.4, 0.5) is 4.39 Å². The first kappa shape index (κ1) is 10.1. The number of benzene rings is 1. The predicted molar refractivity (Wildman–Crippen MR) is 60.5 cm³/mol. The van der Waals surface area contributed by atoms with Crippen LogP contribution in [0.2, 0.25) is 0 Å². The van der Waals surface area contributed by atoms with E-state index in [4.69, 9.17) is 0 Å². The highest BCUT2D eigenvalue weighted by Crippen LogP contribution is 2.25. The molecule has 0 fully saturated rings. The van der Waals surface area contributed by atoms with Gasteiger partial charge in [-0.15, -0.1) is 0 Å². The van der Waals surface area contributed by atoms with Crippen LogP contribution in [0.5, 0.6) is 0 Å². The molecular formula is C13H14FN. The zero-order chi connectivity index (χ0) is 11.0. The van der Waals surface area contributed by atoms with Crippen molar-refractivity contribution in [3.8, 4) is 0 Å². The van der Waals surface area contributed by atoms with Crippen LogP contribution in [-0.2, 0) is 0 Å². The number of pyridine rings is 1. The average molecular weight is 203 g/mol. The SMILES string of the molecule is Cc1cc(C(C)C)c2cc(F)ccc2n1. The normalized spacial score (nSPS) is 11.3. The summed E-state index contributed by atoms with van der Waals surface area (Å²) in [6.45, 7) is 6.19. The molecule has 2 rings (SSSR count). The highest BCUT2D eigenvalue weighted by molar-refractivity contribution is 5.82. The fourth-order valence-corrected chi connectivity index (χ4v) is 1.84. The van der Waals surface area contributed by atoms with Crippen LogP contribution in [0.25, 0.3) is 10.9 Å². The molecule has 1 aromatic carbocycles. The van der Waals surface area contributed by atoms with Gasteiger partial charge in [-0.25, -0.2) is 4.39 Å². The van der Waals surface area contributed by atoms with Gasteiger partial charge >= 0.3 is 0 Å². The number of aryl methyl sites for hydroxylation is 1. The number of halogens is 1. The molecule has 0 unspecified atom stereocenters. The maximum atomic E-state index is 13.2. The van der Waals surface area contributed by atoms with E-state index in [1.54, 1.807) is 12.1 Å². The molecule has 0 aliphatic carbocycles. The average Bonchev–Trinajstić information content (AvgIpc) is 2.17. The molecule has 0 aliphatic heterocycles. The number of fused-ring (bicyclic) bond motifs is 1. The van der Waals surface area contributed by atoms with Gasteiger partial charge in [0.25, 0.3) is 0 Å². The number of hydrogen-bond acceptors (Lipinski definition) is 1. The highest BCUT2D eigenvalue weighted by atomic mass is 19.1. The first-order valence-corrected chi connectivity index (χ1v) is 5.14. The molecule has 0 aliphatic rings. The Morgan fingerprint density at radius 1 is 1.20 bits per heavy atom. The van der Waals surface area contributed by atoms with Crippen LogP contribution in [0, 0.1) is 12.7 Å². The summed E-state index contributed by atoms with van der Waals surface area (Å²) in [6.07, 6.45) is 0. The Bertz CT molecular complexity index is 503. The van der Waals surface area contributed by atoms with E-state index in [2.05, 4.69) is 18.8 Å². The Balaban J connectivity index is 2.81. The van der Waals surface area contributed by atoms with Crippen molar-refractivity contribution in [3.05, 3.63) is 41.3 Å². The molecule has 15 heavy (non-hydrogen) atoms. The highest BCUT2D eigenvalue weighted by Gasteiger charge is 2.08. The summed E-state index contributed by atoms with van der Waals surface area (Å²) in [7, 11) is 0. The van der Waals surface area contributed by atoms with Crippen LogP contribution >= 0.6 is 0 Å². The standard InChI is InChI=1S/C13H14FN/c1-8(2)11-6-9(3)15-13-5-4-10(14)7-12(11)13/h4-8H,1-3H3. The summed E-state index contributed by atoms with van der Waals surface area (Å²) in [5, 5.41) is 0.926. The van der Waals surface area contributed by atoms with E-state index < -0.39 is 0 Å². The van der Waals surface area contributed by atoms with Crippen LogP contribution < -0.4 is 0 Å². The number of aromatic nitrogens is 1. The van der Waals surface area contributed by atoms with Gasteiger partial charge in [-0.3, -0.25) is 4.98 Å². The van der Waals surface area contributed by atoms with E-state index in [9.17, 15) is 4.39 Å². The number of rotatable bonds is 1. The van der Waals surface area contributed by atoms with E-state index in [0.717, 1.165) is 22.2 Å². The minimum absolute atomic E-state index is 0.199. The zero-order valence-corrected chi connectivity index (χ0v) is 9.21. The van der Waals surface area contributed by atoms with Gasteiger partial charge in [0.2, 0.25) is 0 Å². The molecule has 0 amide bonds. The first-order chi connectivity index (χ1) is 7.08. The lowest BCUT2D eigenvalue weighted by molar-refractivity contribution is 0.629. The molecule has 0 saturated heterocycles. The zero-order valence-electron chi connectivity index (χ0n) is 9.21. The molecule has 1 aromatic heterocycles. The van der Waals surface area contributed by atoms with Crippen LogP contribution in [-0.4, -0.2) is 4.98 Å². The molecule has 78 valence electrons. The lowest BCUT2D eigenvalue weighted by Gasteiger charge is -2.10. The Hall–Kier alpha value is -1.44. The Morgan fingerprint density at radius 3 is 2.60 bits per heavy atom. The van der Waals surface area contributed by atoms with E-state index in [-0.39, 0.29) is 5.82 Å². The molecule has 0 atom stereocenters. The molecule has 0 saturated carbocycles. The van der Waals surface area contributed by atoms with Gasteiger partial charge in [0.05, 0.1) is 5.52 Å². The summed E-state index contributed by atoms with van der Waals surface area (Å²) in [6, 6.07) is 6.80. The smallest absolute Gasteiger partial charge is 0.123 e. The van der Waals surface area contributed by atoms with Gasteiger partial charge in [-0.05, 0) is 42.7 Å². The summed E-state index contributed by atoms with van der Waals surface area (Å²) in [5.41, 5.74) is 3.02. The molecule has 0 bridgehead atoms. The Morgan fingerprint density at radius 2 is 1.93 bits per heavy atom. The third-order valence-corrected chi connectivity index (χ3v) is 2.55. The van der Waals surface area contributed by atoms with E-state index in [1.807, 2.05) is 13.0 Å². The third kappa shape index (κ3) is 1.84. The van der Waals surface area contributed by atoms with Gasteiger partial charge in [-0.1, -0.05) is 13.8 Å². The summed E-state index contributed by atoms with van der Waals surface area (Å²) >= 11 is 0. The lowest BCUT2D eigenvalue weighted by atomic mass is 9.98. The van der Waals surface area contributed by atoms with Crippen molar-refractivity contribution in [2.75, 3.05) is 0 Å². The van der Waals surface area contributed by atoms with Crippen molar-refractivity contribution in [3.63, 3.8) is 0 Å². The molecule has 0 spiro atoms. The van der Waals surface area contributed by atoms with Crippen LogP contribution in [0.1, 0.15) is 31.0 Å². The van der Waals surface area contributed by atoms with Gasteiger partial charge in [0, 0.05) is 11.1 Å². The second-order valence-corrected chi connectivity index (χ2v) is 4.17. The largest absolute Gasteiger partial charge is 0.253 e. The van der Waals surface area contributed by atoms with Gasteiger partial charge in [-0.2, -0.15) is 0 Å². The van der Waals surface area contributed by atoms with Gasteiger partial charge < -0.3 is 0 Å². The fraction of sp³-hybridized carbons (Fsp3) is 0.308. The number of hydrogen-bond donors (Lipinski definition) is 0. The maximum absolute atomic E-state index is 13.2. The summed E-state index contributed by atoms with van der Waals surface area (Å²) in [4.78, 5) is 4.39. The van der Waals surface area contributed by atoms with Gasteiger partial charge in [0.15, 0.2) is 0 Å². The van der Waals surface area contributed by atoms with Crippen molar-refractivity contribution >= 4 is 10.9 Å². The minimum Gasteiger partial charge on any atom is -0.253 e. The molecule has 2 aromatic rings. The molecule has 0 radical (unpaired) electrons. The predicted octanol–water partition coefficient (Wildman–Crippen LogP) is 3.81. The molecule has 1 heterocycles. The summed E-state index contributed by atoms with van der Waals surface area (Å²) < 4.78 is 13.2. The Labute approximate surface area is 89.0 Å². The van der Waals surface area contributed by atoms with Crippen molar-refractivity contribution < 1.29 is 4.39 Å². The lowest BCUT2D eigenvalue weighted by Crippen LogP contribution is -1.94. The maximum Gasteiger partial charge on any atom is 0.123 e. The first-order valence-electron chi connectivity index (χ1n) is 5.14. The van der Waals surface area contributed by atoms with E-state index in [1.165, 1.54) is 6.07 Å². The molecule has 1 nitrogen and oxygen atoms in total. The van der Waals surface area contributed by atoms with Gasteiger partial charge in [0.1, 0.15) is 5.82 Å². The molecule has 2 heteroatoms. The third-order valence-electron chi connectivity index (χ3n) is 2.55. The van der Waals surface area contributed by atoms with Crippen LogP contribution in [0.3, 0.4) is 0 Å². The molecular weight excluding hydrogens is 189 g/mol. The molecule has 0 N–H and O–H groups in total.